The first kappa shape index (κ1) is 20.1. The number of carbonyl (C=O) groups excluding carboxylic acids is 1. The summed E-state index contributed by atoms with van der Waals surface area (Å²) < 4.78 is 2.07. The summed E-state index contributed by atoms with van der Waals surface area (Å²) in [6.45, 7) is 8.83. The SMILES string of the molecule is CCCn1c(S[C@@H](C)C(=O)Nc2ccc(C)cc2C)nnc1-c1ccncc1. The normalized spacial score (nSPS) is 12.0. The van der Waals surface area contributed by atoms with Crippen molar-refractivity contribution in [3.05, 3.63) is 53.9 Å². The van der Waals surface area contributed by atoms with E-state index in [4.69, 9.17) is 0 Å². The number of nitrogens with one attached hydrogen (secondary N) is 1. The average molecular weight is 396 g/mol. The van der Waals surface area contributed by atoms with Gasteiger partial charge in [0.05, 0.1) is 5.25 Å². The molecule has 3 aromatic rings. The number of hydrogen-bond donors (Lipinski definition) is 1. The minimum absolute atomic E-state index is 0.0477. The van der Waals surface area contributed by atoms with Crippen molar-refractivity contribution in [1.82, 2.24) is 19.7 Å². The van der Waals surface area contributed by atoms with Gasteiger partial charge >= 0.3 is 0 Å². The minimum atomic E-state index is -0.300. The molecular formula is C21H25N5OS. The van der Waals surface area contributed by atoms with Crippen LogP contribution in [0.4, 0.5) is 5.69 Å². The largest absolute Gasteiger partial charge is 0.325 e. The zero-order chi connectivity index (χ0) is 20.1. The minimum Gasteiger partial charge on any atom is -0.325 e. The molecule has 3 rings (SSSR count). The maximum Gasteiger partial charge on any atom is 0.237 e. The van der Waals surface area contributed by atoms with Gasteiger partial charge in [-0.3, -0.25) is 9.78 Å². The summed E-state index contributed by atoms with van der Waals surface area (Å²) in [5.41, 5.74) is 4.04. The molecule has 6 nitrogen and oxygen atoms in total. The molecule has 0 bridgehead atoms. The number of aromatic nitrogens is 4. The molecule has 0 spiro atoms. The molecule has 0 aliphatic carbocycles. The van der Waals surface area contributed by atoms with Gasteiger partial charge in [-0.15, -0.1) is 10.2 Å². The standard InChI is InChI=1S/C21H25N5OS/c1-5-12-26-19(17-8-10-22-11-9-17)24-25-21(26)28-16(4)20(27)23-18-7-6-14(2)13-15(18)3/h6-11,13,16H,5,12H2,1-4H3,(H,23,27)/t16-/m0/s1. The number of carbonyl (C=O) groups is 1. The van der Waals surface area contributed by atoms with Gasteiger partial charge in [-0.2, -0.15) is 0 Å². The van der Waals surface area contributed by atoms with Crippen molar-refractivity contribution in [3.8, 4) is 11.4 Å². The third-order valence-corrected chi connectivity index (χ3v) is 5.47. The van der Waals surface area contributed by atoms with Gasteiger partial charge in [0.2, 0.25) is 5.91 Å². The molecule has 0 unspecified atom stereocenters. The predicted octanol–water partition coefficient (Wildman–Crippen LogP) is 4.49. The topological polar surface area (TPSA) is 72.7 Å². The Labute approximate surface area is 169 Å². The van der Waals surface area contributed by atoms with Gasteiger partial charge < -0.3 is 9.88 Å². The Hall–Kier alpha value is -2.67. The number of pyridine rings is 1. The molecule has 0 radical (unpaired) electrons. The van der Waals surface area contributed by atoms with Crippen LogP contribution >= 0.6 is 11.8 Å². The molecule has 7 heteroatoms. The van der Waals surface area contributed by atoms with Crippen LogP contribution in [0.2, 0.25) is 0 Å². The highest BCUT2D eigenvalue weighted by Crippen LogP contribution is 2.28. The van der Waals surface area contributed by atoms with E-state index in [9.17, 15) is 4.79 Å². The van der Waals surface area contributed by atoms with Gasteiger partial charge in [-0.05, 0) is 51.0 Å². The van der Waals surface area contributed by atoms with Crippen LogP contribution < -0.4 is 5.32 Å². The predicted molar refractivity (Wildman–Crippen MR) is 113 cm³/mol. The summed E-state index contributed by atoms with van der Waals surface area (Å²) in [5, 5.41) is 12.2. The number of thioether (sulfide) groups is 1. The van der Waals surface area contributed by atoms with E-state index in [1.165, 1.54) is 17.3 Å². The molecule has 0 saturated heterocycles. The van der Waals surface area contributed by atoms with E-state index in [0.29, 0.717) is 0 Å². The molecule has 1 amide bonds. The van der Waals surface area contributed by atoms with Crippen molar-refractivity contribution in [2.24, 2.45) is 0 Å². The lowest BCUT2D eigenvalue weighted by Crippen LogP contribution is -2.23. The van der Waals surface area contributed by atoms with Crippen LogP contribution in [0.25, 0.3) is 11.4 Å². The lowest BCUT2D eigenvalue weighted by atomic mass is 10.1. The number of amides is 1. The molecule has 1 N–H and O–H groups in total. The molecule has 0 fully saturated rings. The first-order valence-electron chi connectivity index (χ1n) is 9.38. The highest BCUT2D eigenvalue weighted by Gasteiger charge is 2.21. The van der Waals surface area contributed by atoms with Crippen molar-refractivity contribution in [3.63, 3.8) is 0 Å². The zero-order valence-electron chi connectivity index (χ0n) is 16.6. The van der Waals surface area contributed by atoms with Crippen LogP contribution in [0.1, 0.15) is 31.4 Å². The fraction of sp³-hybridized carbons (Fsp3) is 0.333. The quantitative estimate of drug-likeness (QED) is 0.597. The summed E-state index contributed by atoms with van der Waals surface area (Å²) in [6.07, 6.45) is 4.44. The second-order valence-electron chi connectivity index (χ2n) is 6.76. The lowest BCUT2D eigenvalue weighted by Gasteiger charge is -2.14. The summed E-state index contributed by atoms with van der Waals surface area (Å²) in [7, 11) is 0. The van der Waals surface area contributed by atoms with E-state index >= 15 is 0 Å². The highest BCUT2D eigenvalue weighted by molar-refractivity contribution is 8.00. The Bertz CT molecular complexity index is 955. The second kappa shape index (κ2) is 9.01. The van der Waals surface area contributed by atoms with Crippen LogP contribution in [-0.4, -0.2) is 30.9 Å². The van der Waals surface area contributed by atoms with Crippen molar-refractivity contribution < 1.29 is 4.79 Å². The van der Waals surface area contributed by atoms with Gasteiger partial charge in [0.15, 0.2) is 11.0 Å². The van der Waals surface area contributed by atoms with Crippen LogP contribution in [0, 0.1) is 13.8 Å². The van der Waals surface area contributed by atoms with Gasteiger partial charge in [0, 0.05) is 30.2 Å². The fourth-order valence-corrected chi connectivity index (χ4v) is 3.79. The molecule has 0 saturated carbocycles. The molecule has 1 aromatic carbocycles. The molecule has 146 valence electrons. The first-order chi connectivity index (χ1) is 13.5. The number of rotatable bonds is 7. The van der Waals surface area contributed by atoms with Crippen molar-refractivity contribution in [1.29, 1.82) is 0 Å². The van der Waals surface area contributed by atoms with E-state index in [1.54, 1.807) is 12.4 Å². The lowest BCUT2D eigenvalue weighted by molar-refractivity contribution is -0.115. The smallest absolute Gasteiger partial charge is 0.237 e. The molecule has 2 aromatic heterocycles. The summed E-state index contributed by atoms with van der Waals surface area (Å²) in [4.78, 5) is 16.8. The van der Waals surface area contributed by atoms with Gasteiger partial charge in [0.1, 0.15) is 0 Å². The summed E-state index contributed by atoms with van der Waals surface area (Å²) in [5.74, 6) is 0.752. The van der Waals surface area contributed by atoms with E-state index in [2.05, 4.69) is 38.1 Å². The summed E-state index contributed by atoms with van der Waals surface area (Å²) >= 11 is 1.42. The third kappa shape index (κ3) is 4.59. The average Bonchev–Trinajstić information content (AvgIpc) is 3.07. The van der Waals surface area contributed by atoms with Gasteiger partial charge in [0.25, 0.3) is 0 Å². The van der Waals surface area contributed by atoms with E-state index in [0.717, 1.165) is 40.8 Å². The zero-order valence-corrected chi connectivity index (χ0v) is 17.5. The third-order valence-electron chi connectivity index (χ3n) is 4.39. The number of anilines is 1. The van der Waals surface area contributed by atoms with Crippen LogP contribution in [0.3, 0.4) is 0 Å². The molecule has 0 aliphatic rings. The fourth-order valence-electron chi connectivity index (χ4n) is 2.92. The molecule has 28 heavy (non-hydrogen) atoms. The Kier molecular flexibility index (Phi) is 6.46. The van der Waals surface area contributed by atoms with Crippen LogP contribution in [-0.2, 0) is 11.3 Å². The number of nitrogens with zero attached hydrogens (tertiary/aromatic N) is 4. The molecule has 2 heterocycles. The number of aryl methyl sites for hydroxylation is 2. The van der Waals surface area contributed by atoms with E-state index < -0.39 is 0 Å². The second-order valence-corrected chi connectivity index (χ2v) is 8.07. The highest BCUT2D eigenvalue weighted by atomic mass is 32.2. The van der Waals surface area contributed by atoms with Gasteiger partial charge in [-0.1, -0.05) is 36.4 Å². The van der Waals surface area contributed by atoms with Crippen LogP contribution in [0.5, 0.6) is 0 Å². The Balaban J connectivity index is 1.77. The Morgan fingerprint density at radius 3 is 2.61 bits per heavy atom. The maximum atomic E-state index is 12.7. The summed E-state index contributed by atoms with van der Waals surface area (Å²) in [6, 6.07) is 9.84. The number of hydrogen-bond acceptors (Lipinski definition) is 5. The van der Waals surface area contributed by atoms with E-state index in [1.807, 2.05) is 45.0 Å². The van der Waals surface area contributed by atoms with Crippen molar-refractivity contribution in [2.75, 3.05) is 5.32 Å². The van der Waals surface area contributed by atoms with Crippen LogP contribution in [0.15, 0.2) is 47.9 Å². The number of benzene rings is 1. The Morgan fingerprint density at radius 1 is 1.18 bits per heavy atom. The Morgan fingerprint density at radius 2 is 1.93 bits per heavy atom. The van der Waals surface area contributed by atoms with Gasteiger partial charge in [-0.25, -0.2) is 0 Å². The maximum absolute atomic E-state index is 12.7. The molecule has 1 atom stereocenters. The van der Waals surface area contributed by atoms with E-state index in [-0.39, 0.29) is 11.2 Å². The van der Waals surface area contributed by atoms with Crippen molar-refractivity contribution >= 4 is 23.4 Å². The van der Waals surface area contributed by atoms with Crippen molar-refractivity contribution in [2.45, 2.75) is 51.1 Å². The molecular weight excluding hydrogens is 370 g/mol. The molecule has 0 aliphatic heterocycles. The first-order valence-corrected chi connectivity index (χ1v) is 10.3. The monoisotopic (exact) mass is 395 g/mol.